The molecule has 1 aliphatic heterocycles. The number of likely N-dealkylation sites (tertiary alicyclic amines) is 1. The van der Waals surface area contributed by atoms with Gasteiger partial charge < -0.3 is 9.64 Å². The Labute approximate surface area is 86.2 Å². The maximum Gasteiger partial charge on any atom is 0.411 e. The minimum absolute atomic E-state index is 0.350. The molecule has 0 aromatic carbocycles. The van der Waals surface area contributed by atoms with Crippen molar-refractivity contribution < 1.29 is 22.7 Å². The highest BCUT2D eigenvalue weighted by atomic mass is 19.4. The normalized spacial score (nSPS) is 19.3. The highest BCUT2D eigenvalue weighted by Crippen LogP contribution is 2.17. The van der Waals surface area contributed by atoms with Crippen molar-refractivity contribution >= 4 is 5.91 Å². The minimum Gasteiger partial charge on any atom is -0.359 e. The molecule has 1 saturated heterocycles. The lowest BCUT2D eigenvalue weighted by molar-refractivity contribution is -0.188. The van der Waals surface area contributed by atoms with Crippen LogP contribution in [0.4, 0.5) is 13.2 Å². The SMILES string of the molecule is C[C@H](OCC(F)(F)F)C(=O)N1CCCC1. The van der Waals surface area contributed by atoms with Crippen molar-refractivity contribution in [3.63, 3.8) is 0 Å². The van der Waals surface area contributed by atoms with Crippen molar-refractivity contribution in [2.45, 2.75) is 32.0 Å². The number of rotatable bonds is 3. The summed E-state index contributed by atoms with van der Waals surface area (Å²) in [7, 11) is 0. The summed E-state index contributed by atoms with van der Waals surface area (Å²) in [5.41, 5.74) is 0. The summed E-state index contributed by atoms with van der Waals surface area (Å²) in [4.78, 5) is 13.0. The second-order valence-electron chi connectivity index (χ2n) is 3.60. The average Bonchev–Trinajstić information content (AvgIpc) is 2.64. The third kappa shape index (κ3) is 4.07. The van der Waals surface area contributed by atoms with Crippen molar-refractivity contribution in [1.82, 2.24) is 4.90 Å². The molecule has 0 aromatic rings. The van der Waals surface area contributed by atoms with E-state index in [0.29, 0.717) is 13.1 Å². The van der Waals surface area contributed by atoms with E-state index in [0.717, 1.165) is 12.8 Å². The number of carbonyl (C=O) groups excluding carboxylic acids is 1. The van der Waals surface area contributed by atoms with E-state index in [1.54, 1.807) is 4.90 Å². The molecule has 0 bridgehead atoms. The maximum absolute atomic E-state index is 11.8. The maximum atomic E-state index is 11.8. The van der Waals surface area contributed by atoms with E-state index in [4.69, 9.17) is 0 Å². The molecule has 0 N–H and O–H groups in total. The lowest BCUT2D eigenvalue weighted by Gasteiger charge is -2.20. The van der Waals surface area contributed by atoms with E-state index >= 15 is 0 Å². The molecule has 3 nitrogen and oxygen atoms in total. The molecule has 0 aromatic heterocycles. The number of halogens is 3. The Hall–Kier alpha value is -0.780. The first-order chi connectivity index (χ1) is 6.90. The highest BCUT2D eigenvalue weighted by Gasteiger charge is 2.31. The number of amides is 1. The first-order valence-corrected chi connectivity index (χ1v) is 4.87. The van der Waals surface area contributed by atoms with Gasteiger partial charge in [0.1, 0.15) is 12.7 Å². The van der Waals surface area contributed by atoms with Crippen LogP contribution < -0.4 is 0 Å². The van der Waals surface area contributed by atoms with E-state index in [9.17, 15) is 18.0 Å². The minimum atomic E-state index is -4.38. The molecule has 1 aliphatic rings. The molecule has 1 atom stereocenters. The third-order valence-electron chi connectivity index (χ3n) is 2.26. The molecule has 0 aliphatic carbocycles. The van der Waals surface area contributed by atoms with E-state index in [2.05, 4.69) is 4.74 Å². The molecule has 1 heterocycles. The topological polar surface area (TPSA) is 29.5 Å². The van der Waals surface area contributed by atoms with Crippen LogP contribution in [0.3, 0.4) is 0 Å². The first kappa shape index (κ1) is 12.3. The molecule has 0 saturated carbocycles. The molecule has 1 amide bonds. The standard InChI is InChI=1S/C9H14F3NO2/c1-7(15-6-9(10,11)12)8(14)13-4-2-3-5-13/h7H,2-6H2,1H3/t7-/m0/s1. The predicted molar refractivity (Wildman–Crippen MR) is 47.3 cm³/mol. The monoisotopic (exact) mass is 225 g/mol. The van der Waals surface area contributed by atoms with Crippen molar-refractivity contribution in [3.05, 3.63) is 0 Å². The van der Waals surface area contributed by atoms with Gasteiger partial charge in [0, 0.05) is 13.1 Å². The Morgan fingerprint density at radius 1 is 1.40 bits per heavy atom. The second-order valence-corrected chi connectivity index (χ2v) is 3.60. The van der Waals surface area contributed by atoms with Gasteiger partial charge >= 0.3 is 6.18 Å². The Kier molecular flexibility index (Phi) is 3.96. The van der Waals surface area contributed by atoms with E-state index in [1.165, 1.54) is 6.92 Å². The van der Waals surface area contributed by atoms with Crippen LogP contribution >= 0.6 is 0 Å². The summed E-state index contributed by atoms with van der Waals surface area (Å²) in [6.45, 7) is 1.23. The van der Waals surface area contributed by atoms with Gasteiger partial charge in [-0.1, -0.05) is 0 Å². The van der Waals surface area contributed by atoms with Crippen molar-refractivity contribution in [1.29, 1.82) is 0 Å². The van der Waals surface area contributed by atoms with Gasteiger partial charge in [-0.2, -0.15) is 13.2 Å². The largest absolute Gasteiger partial charge is 0.411 e. The zero-order valence-corrected chi connectivity index (χ0v) is 8.51. The molecule has 0 spiro atoms. The van der Waals surface area contributed by atoms with Crippen LogP contribution in [0.25, 0.3) is 0 Å². The lowest BCUT2D eigenvalue weighted by atomic mass is 10.3. The molecule has 0 radical (unpaired) electrons. The first-order valence-electron chi connectivity index (χ1n) is 4.87. The fraction of sp³-hybridized carbons (Fsp3) is 0.889. The Balaban J connectivity index is 2.32. The number of alkyl halides is 3. The van der Waals surface area contributed by atoms with Crippen LogP contribution in [0.2, 0.25) is 0 Å². The van der Waals surface area contributed by atoms with Crippen LogP contribution in [0, 0.1) is 0 Å². The number of nitrogens with zero attached hydrogens (tertiary/aromatic N) is 1. The number of ether oxygens (including phenoxy) is 1. The molecular weight excluding hydrogens is 211 g/mol. The lowest BCUT2D eigenvalue weighted by Crippen LogP contribution is -2.38. The summed E-state index contributed by atoms with van der Waals surface area (Å²) < 4.78 is 39.9. The van der Waals surface area contributed by atoms with Gasteiger partial charge in [0.05, 0.1) is 0 Å². The Bertz CT molecular complexity index is 224. The van der Waals surface area contributed by atoms with Gasteiger partial charge in [-0.3, -0.25) is 4.79 Å². The number of carbonyl (C=O) groups is 1. The summed E-state index contributed by atoms with van der Waals surface area (Å²) in [5.74, 6) is -0.350. The summed E-state index contributed by atoms with van der Waals surface area (Å²) >= 11 is 0. The zero-order chi connectivity index (χ0) is 11.5. The van der Waals surface area contributed by atoms with Crippen LogP contribution in [0.15, 0.2) is 0 Å². The van der Waals surface area contributed by atoms with Gasteiger partial charge in [0.2, 0.25) is 0 Å². The molecule has 6 heteroatoms. The van der Waals surface area contributed by atoms with Crippen LogP contribution in [-0.2, 0) is 9.53 Å². The predicted octanol–water partition coefficient (Wildman–Crippen LogP) is 1.58. The number of hydrogen-bond acceptors (Lipinski definition) is 2. The summed E-state index contributed by atoms with van der Waals surface area (Å²) in [5, 5.41) is 0. The fourth-order valence-electron chi connectivity index (χ4n) is 1.49. The van der Waals surface area contributed by atoms with Gasteiger partial charge in [-0.25, -0.2) is 0 Å². The average molecular weight is 225 g/mol. The Morgan fingerprint density at radius 2 is 1.93 bits per heavy atom. The van der Waals surface area contributed by atoms with E-state index < -0.39 is 18.9 Å². The van der Waals surface area contributed by atoms with Crippen LogP contribution in [0.5, 0.6) is 0 Å². The summed E-state index contributed by atoms with van der Waals surface area (Å²) in [6, 6.07) is 0. The molecule has 88 valence electrons. The quantitative estimate of drug-likeness (QED) is 0.729. The van der Waals surface area contributed by atoms with E-state index in [-0.39, 0.29) is 5.91 Å². The molecular formula is C9H14F3NO2. The fourth-order valence-corrected chi connectivity index (χ4v) is 1.49. The second kappa shape index (κ2) is 4.83. The molecule has 1 fully saturated rings. The highest BCUT2D eigenvalue weighted by molar-refractivity contribution is 5.80. The van der Waals surface area contributed by atoms with Crippen molar-refractivity contribution in [3.8, 4) is 0 Å². The van der Waals surface area contributed by atoms with Crippen molar-refractivity contribution in [2.75, 3.05) is 19.7 Å². The van der Waals surface area contributed by atoms with Gasteiger partial charge in [-0.15, -0.1) is 0 Å². The van der Waals surface area contributed by atoms with Gasteiger partial charge in [-0.05, 0) is 19.8 Å². The number of hydrogen-bond donors (Lipinski definition) is 0. The molecule has 0 unspecified atom stereocenters. The Morgan fingerprint density at radius 3 is 2.40 bits per heavy atom. The van der Waals surface area contributed by atoms with Crippen molar-refractivity contribution in [2.24, 2.45) is 0 Å². The van der Waals surface area contributed by atoms with Gasteiger partial charge in [0.15, 0.2) is 0 Å². The molecule has 15 heavy (non-hydrogen) atoms. The smallest absolute Gasteiger partial charge is 0.359 e. The van der Waals surface area contributed by atoms with Crippen LogP contribution in [0.1, 0.15) is 19.8 Å². The zero-order valence-electron chi connectivity index (χ0n) is 8.51. The summed E-state index contributed by atoms with van der Waals surface area (Å²) in [6.07, 6.45) is -3.56. The van der Waals surface area contributed by atoms with Gasteiger partial charge in [0.25, 0.3) is 5.91 Å². The van der Waals surface area contributed by atoms with E-state index in [1.807, 2.05) is 0 Å². The van der Waals surface area contributed by atoms with Crippen LogP contribution in [-0.4, -0.2) is 42.8 Å². The molecule has 1 rings (SSSR count). The third-order valence-corrected chi connectivity index (χ3v) is 2.26.